The van der Waals surface area contributed by atoms with Crippen molar-refractivity contribution in [2.75, 3.05) is 11.9 Å². The molecule has 0 aliphatic carbocycles. The van der Waals surface area contributed by atoms with Gasteiger partial charge in [0.05, 0.1) is 4.90 Å². The number of aryl methyl sites for hydroxylation is 1. The maximum atomic E-state index is 12.5. The Bertz CT molecular complexity index is 1220. The Morgan fingerprint density at radius 1 is 0.939 bits per heavy atom. The Kier molecular flexibility index (Phi) is 8.48. The first-order chi connectivity index (χ1) is 15.8. The van der Waals surface area contributed by atoms with Gasteiger partial charge < -0.3 is 5.32 Å². The second-order valence-corrected chi connectivity index (χ2v) is 9.52. The summed E-state index contributed by atoms with van der Waals surface area (Å²) in [6.45, 7) is 2.30. The molecule has 0 aliphatic heterocycles. The largest absolute Gasteiger partial charge is 0.332 e. The van der Waals surface area contributed by atoms with Gasteiger partial charge in [0, 0.05) is 18.3 Å². The van der Waals surface area contributed by atoms with E-state index in [9.17, 15) is 13.2 Å². The van der Waals surface area contributed by atoms with Crippen LogP contribution in [-0.4, -0.2) is 26.0 Å². The SMILES string of the molecule is Cc1ccc(C=CC(=O)NC(=S)Nc2ccc(S(=O)(=O)NCCc3ccccc3)cc2)cc1. The summed E-state index contributed by atoms with van der Waals surface area (Å²) in [5.74, 6) is -0.366. The van der Waals surface area contributed by atoms with Gasteiger partial charge in [0.15, 0.2) is 5.11 Å². The van der Waals surface area contributed by atoms with E-state index >= 15 is 0 Å². The summed E-state index contributed by atoms with van der Waals surface area (Å²) in [6.07, 6.45) is 3.70. The molecule has 0 aliphatic rings. The van der Waals surface area contributed by atoms with Crippen molar-refractivity contribution in [3.8, 4) is 0 Å². The van der Waals surface area contributed by atoms with Crippen molar-refractivity contribution in [3.05, 3.63) is 102 Å². The van der Waals surface area contributed by atoms with Crippen LogP contribution < -0.4 is 15.4 Å². The zero-order valence-electron chi connectivity index (χ0n) is 18.1. The molecule has 0 fully saturated rings. The van der Waals surface area contributed by atoms with Crippen LogP contribution in [0.15, 0.2) is 89.8 Å². The summed E-state index contributed by atoms with van der Waals surface area (Å²) in [4.78, 5) is 12.2. The van der Waals surface area contributed by atoms with Crippen LogP contribution in [-0.2, 0) is 21.2 Å². The normalized spacial score (nSPS) is 11.3. The lowest BCUT2D eigenvalue weighted by Gasteiger charge is -2.10. The molecule has 0 spiro atoms. The Balaban J connectivity index is 1.49. The number of thiocarbonyl (C=S) groups is 1. The predicted molar refractivity (Wildman–Crippen MR) is 136 cm³/mol. The Labute approximate surface area is 199 Å². The molecule has 3 N–H and O–H groups in total. The minimum absolute atomic E-state index is 0.116. The van der Waals surface area contributed by atoms with E-state index in [4.69, 9.17) is 12.2 Å². The predicted octanol–water partition coefficient (Wildman–Crippen LogP) is 4.04. The maximum Gasteiger partial charge on any atom is 0.250 e. The van der Waals surface area contributed by atoms with E-state index in [0.717, 1.165) is 16.7 Å². The monoisotopic (exact) mass is 479 g/mol. The maximum absolute atomic E-state index is 12.5. The standard InChI is InChI=1S/C25H25N3O3S2/c1-19-7-9-21(10-8-19)11-16-24(29)28-25(32)27-22-12-14-23(15-13-22)33(30,31)26-18-17-20-5-3-2-4-6-20/h2-16,26H,17-18H2,1H3,(H2,27,28,29,32). The Morgan fingerprint density at radius 2 is 1.61 bits per heavy atom. The molecule has 170 valence electrons. The number of amides is 1. The van der Waals surface area contributed by atoms with Gasteiger partial charge in [-0.25, -0.2) is 13.1 Å². The third-order valence-corrected chi connectivity index (χ3v) is 6.39. The summed E-state index contributed by atoms with van der Waals surface area (Å²) in [5, 5.41) is 5.55. The van der Waals surface area contributed by atoms with Gasteiger partial charge in [-0.15, -0.1) is 0 Å². The Hall–Kier alpha value is -3.33. The molecule has 33 heavy (non-hydrogen) atoms. The highest BCUT2D eigenvalue weighted by atomic mass is 32.2. The quantitative estimate of drug-likeness (QED) is 0.335. The number of rotatable bonds is 8. The highest BCUT2D eigenvalue weighted by Crippen LogP contribution is 2.14. The van der Waals surface area contributed by atoms with Crippen molar-refractivity contribution in [1.82, 2.24) is 10.0 Å². The van der Waals surface area contributed by atoms with Crippen molar-refractivity contribution >= 4 is 45.0 Å². The molecule has 8 heteroatoms. The number of hydrogen-bond acceptors (Lipinski definition) is 4. The van der Waals surface area contributed by atoms with Crippen LogP contribution in [0.2, 0.25) is 0 Å². The van der Waals surface area contributed by atoms with Crippen LogP contribution >= 0.6 is 12.2 Å². The molecular weight excluding hydrogens is 454 g/mol. The zero-order chi connectivity index (χ0) is 23.7. The van der Waals surface area contributed by atoms with Gasteiger partial charge in [-0.05, 0) is 67.0 Å². The molecule has 0 bridgehead atoms. The molecule has 6 nitrogen and oxygen atoms in total. The van der Waals surface area contributed by atoms with E-state index in [0.29, 0.717) is 18.7 Å². The summed E-state index contributed by atoms with van der Waals surface area (Å²) in [7, 11) is -3.62. The summed E-state index contributed by atoms with van der Waals surface area (Å²) >= 11 is 5.16. The minimum atomic E-state index is -3.62. The fourth-order valence-corrected chi connectivity index (χ4v) is 4.19. The van der Waals surface area contributed by atoms with Gasteiger partial charge in [-0.3, -0.25) is 10.1 Å². The fourth-order valence-electron chi connectivity index (χ4n) is 2.94. The third kappa shape index (κ3) is 7.94. The van der Waals surface area contributed by atoms with Crippen molar-refractivity contribution in [3.63, 3.8) is 0 Å². The number of anilines is 1. The lowest BCUT2D eigenvalue weighted by Crippen LogP contribution is -2.32. The fraction of sp³-hybridized carbons (Fsp3) is 0.120. The van der Waals surface area contributed by atoms with E-state index in [1.54, 1.807) is 18.2 Å². The number of carbonyl (C=O) groups is 1. The van der Waals surface area contributed by atoms with Gasteiger partial charge in [0.2, 0.25) is 15.9 Å². The average Bonchev–Trinajstić information content (AvgIpc) is 2.79. The first-order valence-electron chi connectivity index (χ1n) is 10.3. The molecule has 0 unspecified atom stereocenters. The second-order valence-electron chi connectivity index (χ2n) is 7.35. The van der Waals surface area contributed by atoms with Crippen LogP contribution in [0.3, 0.4) is 0 Å². The van der Waals surface area contributed by atoms with E-state index in [-0.39, 0.29) is 15.9 Å². The number of carbonyl (C=O) groups excluding carboxylic acids is 1. The second kappa shape index (κ2) is 11.5. The molecule has 0 aromatic heterocycles. The van der Waals surface area contributed by atoms with E-state index in [1.165, 1.54) is 18.2 Å². The molecule has 3 rings (SSSR count). The minimum Gasteiger partial charge on any atom is -0.332 e. The van der Waals surface area contributed by atoms with E-state index < -0.39 is 10.0 Å². The number of sulfonamides is 1. The molecule has 1 amide bonds. The topological polar surface area (TPSA) is 87.3 Å². The number of hydrogen-bond donors (Lipinski definition) is 3. The van der Waals surface area contributed by atoms with Gasteiger partial charge in [-0.2, -0.15) is 0 Å². The van der Waals surface area contributed by atoms with Crippen LogP contribution in [0, 0.1) is 6.92 Å². The summed E-state index contributed by atoms with van der Waals surface area (Å²) in [6, 6.07) is 23.6. The molecule has 0 saturated carbocycles. The highest BCUT2D eigenvalue weighted by molar-refractivity contribution is 7.89. The van der Waals surface area contributed by atoms with Gasteiger partial charge in [0.1, 0.15) is 0 Å². The first-order valence-corrected chi connectivity index (χ1v) is 12.2. The van der Waals surface area contributed by atoms with E-state index in [2.05, 4.69) is 15.4 Å². The molecule has 3 aromatic rings. The smallest absolute Gasteiger partial charge is 0.250 e. The van der Waals surface area contributed by atoms with Crippen LogP contribution in [0.25, 0.3) is 6.08 Å². The lowest BCUT2D eigenvalue weighted by atomic mass is 10.1. The van der Waals surface area contributed by atoms with Crippen LogP contribution in [0.1, 0.15) is 16.7 Å². The van der Waals surface area contributed by atoms with Crippen LogP contribution in [0.5, 0.6) is 0 Å². The van der Waals surface area contributed by atoms with E-state index in [1.807, 2.05) is 61.5 Å². The van der Waals surface area contributed by atoms with Crippen LogP contribution in [0.4, 0.5) is 5.69 Å². The summed E-state index contributed by atoms with van der Waals surface area (Å²) in [5.41, 5.74) is 3.67. The lowest BCUT2D eigenvalue weighted by molar-refractivity contribution is -0.115. The van der Waals surface area contributed by atoms with Gasteiger partial charge >= 0.3 is 0 Å². The zero-order valence-corrected chi connectivity index (χ0v) is 19.7. The van der Waals surface area contributed by atoms with Crippen molar-refractivity contribution in [1.29, 1.82) is 0 Å². The molecule has 3 aromatic carbocycles. The Morgan fingerprint density at radius 3 is 2.27 bits per heavy atom. The third-order valence-electron chi connectivity index (χ3n) is 4.71. The van der Waals surface area contributed by atoms with Gasteiger partial charge in [0.25, 0.3) is 0 Å². The highest BCUT2D eigenvalue weighted by Gasteiger charge is 2.13. The molecule has 0 atom stereocenters. The van der Waals surface area contributed by atoms with Gasteiger partial charge in [-0.1, -0.05) is 60.2 Å². The molecular formula is C25H25N3O3S2. The summed E-state index contributed by atoms with van der Waals surface area (Å²) < 4.78 is 27.6. The van der Waals surface area contributed by atoms with Crippen molar-refractivity contribution in [2.45, 2.75) is 18.2 Å². The van der Waals surface area contributed by atoms with Crippen molar-refractivity contribution < 1.29 is 13.2 Å². The number of benzene rings is 3. The average molecular weight is 480 g/mol. The molecule has 0 saturated heterocycles. The molecule has 0 heterocycles. The first kappa shape index (κ1) is 24.3. The number of nitrogens with one attached hydrogen (secondary N) is 3. The van der Waals surface area contributed by atoms with Crippen molar-refractivity contribution in [2.24, 2.45) is 0 Å². The molecule has 0 radical (unpaired) electrons.